The number of aliphatic hydroxyl groups excluding tert-OH is 1. The zero-order chi connectivity index (χ0) is 11.0. The van der Waals surface area contributed by atoms with Crippen LogP contribution in [0.1, 0.15) is 32.6 Å². The fraction of sp³-hybridized carbons (Fsp3) is 0.900. The maximum atomic E-state index is 11.1. The zero-order valence-corrected chi connectivity index (χ0v) is 9.16. The quantitative estimate of drug-likeness (QED) is 0.498. The summed E-state index contributed by atoms with van der Waals surface area (Å²) in [7, 11) is 2.68. The first kappa shape index (κ1) is 13.4. The lowest BCUT2D eigenvalue weighted by molar-refractivity contribution is -0.159. The van der Waals surface area contributed by atoms with Gasteiger partial charge in [0.1, 0.15) is 0 Å². The van der Waals surface area contributed by atoms with Gasteiger partial charge < -0.3 is 14.6 Å². The van der Waals surface area contributed by atoms with Crippen molar-refractivity contribution in [1.29, 1.82) is 0 Å². The molecule has 84 valence electrons. The average Bonchev–Trinajstić information content (AvgIpc) is 2.19. The molecular weight excluding hydrogens is 184 g/mol. The standard InChI is InChI=1S/C10H20O4/c1-4-5-6-7-8(11)9(13-2)10(12)14-3/h8-9,11H,4-7H2,1-3H3. The molecule has 0 heterocycles. The largest absolute Gasteiger partial charge is 0.467 e. The summed E-state index contributed by atoms with van der Waals surface area (Å²) < 4.78 is 9.38. The smallest absolute Gasteiger partial charge is 0.337 e. The van der Waals surface area contributed by atoms with Crippen LogP contribution in [0.5, 0.6) is 0 Å². The second-order valence-electron chi connectivity index (χ2n) is 3.24. The molecule has 0 radical (unpaired) electrons. The average molecular weight is 204 g/mol. The van der Waals surface area contributed by atoms with E-state index in [1.807, 2.05) is 0 Å². The number of methoxy groups -OCH3 is 2. The Balaban J connectivity index is 3.91. The number of carbonyl (C=O) groups excluding carboxylic acids is 1. The molecule has 0 bridgehead atoms. The van der Waals surface area contributed by atoms with Crippen molar-refractivity contribution in [3.63, 3.8) is 0 Å². The lowest BCUT2D eigenvalue weighted by Crippen LogP contribution is -2.36. The van der Waals surface area contributed by atoms with Gasteiger partial charge in [-0.3, -0.25) is 0 Å². The summed E-state index contributed by atoms with van der Waals surface area (Å²) >= 11 is 0. The highest BCUT2D eigenvalue weighted by Crippen LogP contribution is 2.10. The molecule has 2 unspecified atom stereocenters. The lowest BCUT2D eigenvalue weighted by Gasteiger charge is -2.18. The molecule has 0 rings (SSSR count). The number of carbonyl (C=O) groups is 1. The molecule has 4 nitrogen and oxygen atoms in total. The highest BCUT2D eigenvalue weighted by molar-refractivity contribution is 5.75. The second kappa shape index (κ2) is 7.76. The molecule has 0 saturated heterocycles. The maximum Gasteiger partial charge on any atom is 0.337 e. The van der Waals surface area contributed by atoms with Crippen molar-refractivity contribution in [2.75, 3.05) is 14.2 Å². The molecule has 0 aromatic carbocycles. The summed E-state index contributed by atoms with van der Waals surface area (Å²) in [4.78, 5) is 11.1. The van der Waals surface area contributed by atoms with E-state index in [1.54, 1.807) is 0 Å². The molecule has 4 heteroatoms. The fourth-order valence-electron chi connectivity index (χ4n) is 1.28. The highest BCUT2D eigenvalue weighted by Gasteiger charge is 2.26. The van der Waals surface area contributed by atoms with Gasteiger partial charge in [0, 0.05) is 7.11 Å². The molecule has 2 atom stereocenters. The Morgan fingerprint density at radius 1 is 1.36 bits per heavy atom. The van der Waals surface area contributed by atoms with Crippen LogP contribution >= 0.6 is 0 Å². The van der Waals surface area contributed by atoms with Crippen LogP contribution in [0, 0.1) is 0 Å². The Morgan fingerprint density at radius 2 is 2.00 bits per heavy atom. The molecule has 0 amide bonds. The van der Waals surface area contributed by atoms with Crippen molar-refractivity contribution < 1.29 is 19.4 Å². The van der Waals surface area contributed by atoms with Gasteiger partial charge in [-0.15, -0.1) is 0 Å². The van der Waals surface area contributed by atoms with Crippen LogP contribution in [-0.4, -0.2) is 37.5 Å². The lowest BCUT2D eigenvalue weighted by atomic mass is 10.1. The summed E-state index contributed by atoms with van der Waals surface area (Å²) in [5.74, 6) is -0.517. The van der Waals surface area contributed by atoms with Crippen molar-refractivity contribution in [3.05, 3.63) is 0 Å². The van der Waals surface area contributed by atoms with Crippen LogP contribution in [-0.2, 0) is 14.3 Å². The van der Waals surface area contributed by atoms with E-state index in [-0.39, 0.29) is 0 Å². The van der Waals surface area contributed by atoms with Crippen LogP contribution < -0.4 is 0 Å². The van der Waals surface area contributed by atoms with E-state index >= 15 is 0 Å². The van der Waals surface area contributed by atoms with Crippen LogP contribution in [0.2, 0.25) is 0 Å². The molecule has 0 aliphatic heterocycles. The molecule has 1 N–H and O–H groups in total. The van der Waals surface area contributed by atoms with E-state index in [4.69, 9.17) is 4.74 Å². The first-order chi connectivity index (χ1) is 6.67. The molecule has 0 spiro atoms. The van der Waals surface area contributed by atoms with Gasteiger partial charge in [0.25, 0.3) is 0 Å². The zero-order valence-electron chi connectivity index (χ0n) is 9.16. The number of hydrogen-bond acceptors (Lipinski definition) is 4. The third kappa shape index (κ3) is 4.58. The van der Waals surface area contributed by atoms with E-state index < -0.39 is 18.2 Å². The Morgan fingerprint density at radius 3 is 2.43 bits per heavy atom. The Labute approximate surface area is 85.2 Å². The summed E-state index contributed by atoms with van der Waals surface area (Å²) in [6.07, 6.45) is 1.99. The summed E-state index contributed by atoms with van der Waals surface area (Å²) in [5, 5.41) is 9.61. The third-order valence-corrected chi connectivity index (χ3v) is 2.14. The van der Waals surface area contributed by atoms with Crippen LogP contribution in [0.3, 0.4) is 0 Å². The maximum absolute atomic E-state index is 11.1. The number of rotatable bonds is 7. The van der Waals surface area contributed by atoms with E-state index in [2.05, 4.69) is 11.7 Å². The SMILES string of the molecule is CCCCCC(O)C(OC)C(=O)OC. The minimum atomic E-state index is -0.850. The topological polar surface area (TPSA) is 55.8 Å². The van der Waals surface area contributed by atoms with Crippen LogP contribution in [0.25, 0.3) is 0 Å². The minimum absolute atomic E-state index is 0.517. The second-order valence-corrected chi connectivity index (χ2v) is 3.24. The molecule has 0 aliphatic carbocycles. The molecule has 14 heavy (non-hydrogen) atoms. The molecule has 0 saturated carbocycles. The summed E-state index contributed by atoms with van der Waals surface area (Å²) in [6, 6.07) is 0. The van der Waals surface area contributed by atoms with Gasteiger partial charge in [0.2, 0.25) is 0 Å². The van der Waals surface area contributed by atoms with Crippen LogP contribution in [0.4, 0.5) is 0 Å². The molecular formula is C10H20O4. The number of hydrogen-bond donors (Lipinski definition) is 1. The minimum Gasteiger partial charge on any atom is -0.467 e. The number of aliphatic hydroxyl groups is 1. The van der Waals surface area contributed by atoms with E-state index in [1.165, 1.54) is 14.2 Å². The van der Waals surface area contributed by atoms with Crippen molar-refractivity contribution >= 4 is 5.97 Å². The first-order valence-corrected chi connectivity index (χ1v) is 4.96. The normalized spacial score (nSPS) is 14.9. The molecule has 0 fully saturated rings. The fourth-order valence-corrected chi connectivity index (χ4v) is 1.28. The first-order valence-electron chi connectivity index (χ1n) is 4.96. The Bertz CT molecular complexity index is 158. The number of ether oxygens (including phenoxy) is 2. The van der Waals surface area contributed by atoms with Gasteiger partial charge >= 0.3 is 5.97 Å². The monoisotopic (exact) mass is 204 g/mol. The molecule has 0 aromatic heterocycles. The van der Waals surface area contributed by atoms with Crippen molar-refractivity contribution in [2.45, 2.75) is 44.8 Å². The predicted molar refractivity (Wildman–Crippen MR) is 53.0 cm³/mol. The van der Waals surface area contributed by atoms with Gasteiger partial charge in [0.15, 0.2) is 6.10 Å². The highest BCUT2D eigenvalue weighted by atomic mass is 16.6. The number of unbranched alkanes of at least 4 members (excludes halogenated alkanes) is 2. The molecule has 0 aliphatic rings. The summed E-state index contributed by atoms with van der Waals surface area (Å²) in [6.45, 7) is 2.08. The van der Waals surface area contributed by atoms with Gasteiger partial charge in [0.05, 0.1) is 13.2 Å². The summed E-state index contributed by atoms with van der Waals surface area (Å²) in [5.41, 5.74) is 0. The van der Waals surface area contributed by atoms with Crippen molar-refractivity contribution in [1.82, 2.24) is 0 Å². The van der Waals surface area contributed by atoms with Crippen LogP contribution in [0.15, 0.2) is 0 Å². The van der Waals surface area contributed by atoms with E-state index in [9.17, 15) is 9.90 Å². The van der Waals surface area contributed by atoms with Gasteiger partial charge in [-0.25, -0.2) is 4.79 Å². The molecule has 0 aromatic rings. The van der Waals surface area contributed by atoms with Crippen molar-refractivity contribution in [2.24, 2.45) is 0 Å². The van der Waals surface area contributed by atoms with Gasteiger partial charge in [-0.05, 0) is 6.42 Å². The van der Waals surface area contributed by atoms with Gasteiger partial charge in [-0.2, -0.15) is 0 Å². The predicted octanol–water partition coefficient (Wildman–Crippen LogP) is 1.12. The Hall–Kier alpha value is -0.610. The van der Waals surface area contributed by atoms with Crippen molar-refractivity contribution in [3.8, 4) is 0 Å². The Kier molecular flexibility index (Phi) is 7.42. The number of esters is 1. The van der Waals surface area contributed by atoms with E-state index in [0.29, 0.717) is 6.42 Å². The third-order valence-electron chi connectivity index (χ3n) is 2.14. The van der Waals surface area contributed by atoms with Gasteiger partial charge in [-0.1, -0.05) is 26.2 Å². The van der Waals surface area contributed by atoms with E-state index in [0.717, 1.165) is 19.3 Å².